The number of benzene rings is 2. The van der Waals surface area contributed by atoms with Gasteiger partial charge < -0.3 is 14.7 Å². The molecule has 4 rings (SSSR count). The third kappa shape index (κ3) is 5.31. The second kappa shape index (κ2) is 11.0. The van der Waals surface area contributed by atoms with E-state index in [1.54, 1.807) is 6.07 Å². The van der Waals surface area contributed by atoms with Crippen molar-refractivity contribution in [3.05, 3.63) is 75.3 Å². The summed E-state index contributed by atoms with van der Waals surface area (Å²) in [4.78, 5) is 40.6. The van der Waals surface area contributed by atoms with E-state index in [1.807, 2.05) is 0 Å². The average Bonchev–Trinajstić information content (AvgIpc) is 3.17. The number of rotatable bonds is 8. The van der Waals surface area contributed by atoms with Crippen LogP contribution in [0.15, 0.2) is 59.0 Å². The SMILES string of the molecule is CN(C)S(=O)(=O)c1ccc(C(O)=C2C(=O)C(=O)N(CCN3CCOCC3)[C@@H]2c2cccc([N+](=O)[O-])c2)cc1. The number of Topliss-reactive ketones (excluding diaryl/α,β-unsaturated/α-hetero) is 1. The molecule has 1 amide bonds. The van der Waals surface area contributed by atoms with Crippen molar-refractivity contribution in [3.63, 3.8) is 0 Å². The highest BCUT2D eigenvalue weighted by atomic mass is 32.2. The van der Waals surface area contributed by atoms with Gasteiger partial charge in [0.1, 0.15) is 5.76 Å². The number of ketones is 1. The zero-order valence-corrected chi connectivity index (χ0v) is 21.8. The van der Waals surface area contributed by atoms with E-state index in [1.165, 1.54) is 61.5 Å². The molecule has 1 N–H and O–H groups in total. The van der Waals surface area contributed by atoms with Crippen molar-refractivity contribution in [2.45, 2.75) is 10.9 Å². The topological polar surface area (TPSA) is 151 Å². The number of carbonyl (C=O) groups excluding carboxylic acids is 2. The van der Waals surface area contributed by atoms with Crippen molar-refractivity contribution in [1.29, 1.82) is 0 Å². The van der Waals surface area contributed by atoms with Gasteiger partial charge in [-0.25, -0.2) is 12.7 Å². The Morgan fingerprint density at radius 1 is 1.11 bits per heavy atom. The average molecular weight is 545 g/mol. The number of sulfonamides is 1. The Morgan fingerprint density at radius 2 is 1.76 bits per heavy atom. The van der Waals surface area contributed by atoms with E-state index in [0.717, 1.165) is 4.31 Å². The maximum atomic E-state index is 13.2. The molecular weight excluding hydrogens is 516 g/mol. The minimum absolute atomic E-state index is 0.0137. The first-order valence-corrected chi connectivity index (χ1v) is 13.3. The fourth-order valence-corrected chi connectivity index (χ4v) is 5.39. The number of non-ortho nitro benzene ring substituents is 1. The van der Waals surface area contributed by atoms with Crippen LogP contribution in [0.3, 0.4) is 0 Å². The van der Waals surface area contributed by atoms with Crippen LogP contribution in [0.4, 0.5) is 5.69 Å². The molecule has 202 valence electrons. The third-order valence-electron chi connectivity index (χ3n) is 6.60. The fraction of sp³-hybridized carbons (Fsp3) is 0.360. The standard InChI is InChI=1S/C25H28N4O8S/c1-26(2)38(35,36)20-8-6-17(7-9-20)23(30)21-22(18-4-3-5-19(16-18)29(33)34)28(25(32)24(21)31)11-10-27-12-14-37-15-13-27/h3-9,16,22,30H,10-15H2,1-2H3/t22-/m1/s1. The molecule has 2 aromatic carbocycles. The number of amides is 1. The van der Waals surface area contributed by atoms with Gasteiger partial charge in [-0.15, -0.1) is 0 Å². The van der Waals surface area contributed by atoms with Gasteiger partial charge in [0.25, 0.3) is 17.4 Å². The number of morpholine rings is 1. The summed E-state index contributed by atoms with van der Waals surface area (Å²) >= 11 is 0. The zero-order chi connectivity index (χ0) is 27.6. The van der Waals surface area contributed by atoms with E-state index < -0.39 is 38.4 Å². The minimum atomic E-state index is -3.72. The molecule has 2 aromatic rings. The van der Waals surface area contributed by atoms with Crippen LogP contribution in [0.2, 0.25) is 0 Å². The second-order valence-electron chi connectivity index (χ2n) is 9.11. The zero-order valence-electron chi connectivity index (χ0n) is 20.9. The maximum absolute atomic E-state index is 13.2. The summed E-state index contributed by atoms with van der Waals surface area (Å²) in [6.07, 6.45) is 0. The molecule has 38 heavy (non-hydrogen) atoms. The van der Waals surface area contributed by atoms with E-state index in [2.05, 4.69) is 4.90 Å². The minimum Gasteiger partial charge on any atom is -0.507 e. The van der Waals surface area contributed by atoms with Crippen molar-refractivity contribution >= 4 is 33.2 Å². The number of carbonyl (C=O) groups is 2. The fourth-order valence-electron chi connectivity index (χ4n) is 4.49. The van der Waals surface area contributed by atoms with Crippen molar-refractivity contribution in [2.24, 2.45) is 0 Å². The molecule has 0 bridgehead atoms. The van der Waals surface area contributed by atoms with Gasteiger partial charge in [0.15, 0.2) is 0 Å². The predicted octanol–water partition coefficient (Wildman–Crippen LogP) is 1.60. The number of nitrogens with zero attached hydrogens (tertiary/aromatic N) is 4. The molecule has 2 aliphatic heterocycles. The maximum Gasteiger partial charge on any atom is 0.295 e. The molecule has 0 aromatic heterocycles. The Bertz CT molecular complexity index is 1380. The molecule has 12 nitrogen and oxygen atoms in total. The first-order valence-electron chi connectivity index (χ1n) is 11.9. The van der Waals surface area contributed by atoms with Crippen LogP contribution in [0.5, 0.6) is 0 Å². The molecular formula is C25H28N4O8S. The van der Waals surface area contributed by atoms with Gasteiger partial charge in [-0.2, -0.15) is 0 Å². The third-order valence-corrected chi connectivity index (χ3v) is 8.43. The Hall–Kier alpha value is -3.65. The molecule has 0 aliphatic carbocycles. The quantitative estimate of drug-likeness (QED) is 0.172. The van der Waals surface area contributed by atoms with Crippen LogP contribution < -0.4 is 0 Å². The van der Waals surface area contributed by atoms with Gasteiger partial charge in [0, 0.05) is 58.0 Å². The van der Waals surface area contributed by atoms with E-state index in [4.69, 9.17) is 4.74 Å². The van der Waals surface area contributed by atoms with Crippen LogP contribution in [0.1, 0.15) is 17.2 Å². The lowest BCUT2D eigenvalue weighted by Gasteiger charge is -2.31. The van der Waals surface area contributed by atoms with Crippen molar-refractivity contribution in [3.8, 4) is 0 Å². The first-order chi connectivity index (χ1) is 18.0. The number of nitro groups is 1. The van der Waals surface area contributed by atoms with Crippen LogP contribution in [0, 0.1) is 10.1 Å². The highest BCUT2D eigenvalue weighted by molar-refractivity contribution is 7.89. The van der Waals surface area contributed by atoms with E-state index in [-0.39, 0.29) is 28.3 Å². The van der Waals surface area contributed by atoms with Crippen molar-refractivity contribution < 1.29 is 32.8 Å². The van der Waals surface area contributed by atoms with E-state index in [0.29, 0.717) is 38.4 Å². The number of ether oxygens (including phenoxy) is 1. The molecule has 13 heteroatoms. The number of hydrogen-bond acceptors (Lipinski definition) is 9. The Labute approximate surface area is 219 Å². The molecule has 0 unspecified atom stereocenters. The lowest BCUT2D eigenvalue weighted by molar-refractivity contribution is -0.384. The summed E-state index contributed by atoms with van der Waals surface area (Å²) in [6, 6.07) is 9.80. The lowest BCUT2D eigenvalue weighted by atomic mass is 9.95. The highest BCUT2D eigenvalue weighted by Gasteiger charge is 2.46. The number of aliphatic hydroxyl groups excluding tert-OH is 1. The summed E-state index contributed by atoms with van der Waals surface area (Å²) in [5.74, 6) is -2.25. The van der Waals surface area contributed by atoms with Gasteiger partial charge in [-0.1, -0.05) is 12.1 Å². The Morgan fingerprint density at radius 3 is 2.37 bits per heavy atom. The summed E-state index contributed by atoms with van der Waals surface area (Å²) in [6.45, 7) is 3.01. The van der Waals surface area contributed by atoms with Crippen molar-refractivity contribution in [1.82, 2.24) is 14.1 Å². The summed E-state index contributed by atoms with van der Waals surface area (Å²) < 4.78 is 31.2. The molecule has 0 radical (unpaired) electrons. The van der Waals surface area contributed by atoms with E-state index >= 15 is 0 Å². The molecule has 2 aliphatic rings. The molecule has 2 heterocycles. The molecule has 2 fully saturated rings. The van der Waals surface area contributed by atoms with Crippen LogP contribution in [-0.2, 0) is 24.3 Å². The summed E-state index contributed by atoms with van der Waals surface area (Å²) in [5.41, 5.74) is -0.0155. The lowest BCUT2D eigenvalue weighted by Crippen LogP contribution is -2.42. The van der Waals surface area contributed by atoms with Gasteiger partial charge >= 0.3 is 0 Å². The molecule has 2 saturated heterocycles. The van der Waals surface area contributed by atoms with Gasteiger partial charge in [0.05, 0.1) is 34.6 Å². The summed E-state index contributed by atoms with van der Waals surface area (Å²) in [5, 5.41) is 22.6. The van der Waals surface area contributed by atoms with Gasteiger partial charge in [0.2, 0.25) is 10.0 Å². The normalized spacial score (nSPS) is 20.3. The first kappa shape index (κ1) is 27.4. The van der Waals surface area contributed by atoms with E-state index in [9.17, 15) is 33.2 Å². The largest absolute Gasteiger partial charge is 0.507 e. The molecule has 0 saturated carbocycles. The number of hydrogen-bond donors (Lipinski definition) is 1. The molecule has 0 spiro atoms. The monoisotopic (exact) mass is 544 g/mol. The Kier molecular flexibility index (Phi) is 7.92. The Balaban J connectivity index is 1.77. The highest BCUT2D eigenvalue weighted by Crippen LogP contribution is 2.40. The van der Waals surface area contributed by atoms with Crippen molar-refractivity contribution in [2.75, 3.05) is 53.5 Å². The number of nitro benzene ring substituents is 1. The predicted molar refractivity (Wildman–Crippen MR) is 137 cm³/mol. The molecule has 1 atom stereocenters. The number of aliphatic hydroxyl groups is 1. The smallest absolute Gasteiger partial charge is 0.295 e. The van der Waals surface area contributed by atoms with Gasteiger partial charge in [-0.3, -0.25) is 24.6 Å². The summed E-state index contributed by atoms with van der Waals surface area (Å²) in [7, 11) is -0.943. The van der Waals surface area contributed by atoms with Crippen LogP contribution >= 0.6 is 0 Å². The van der Waals surface area contributed by atoms with Crippen LogP contribution in [0.25, 0.3) is 5.76 Å². The van der Waals surface area contributed by atoms with Crippen LogP contribution in [-0.4, -0.2) is 97.7 Å². The van der Waals surface area contributed by atoms with Gasteiger partial charge in [-0.05, 0) is 29.8 Å². The second-order valence-corrected chi connectivity index (χ2v) is 11.3. The number of likely N-dealkylation sites (tertiary alicyclic amines) is 1.